The Morgan fingerprint density at radius 3 is 2.45 bits per heavy atom. The van der Waals surface area contributed by atoms with Gasteiger partial charge in [0, 0.05) is 18.0 Å². The fourth-order valence-corrected chi connectivity index (χ4v) is 4.97. The van der Waals surface area contributed by atoms with E-state index < -0.39 is 24.0 Å². The summed E-state index contributed by atoms with van der Waals surface area (Å²) in [6.45, 7) is 1.98. The number of nitrogens with one attached hydrogen (secondary N) is 1. The van der Waals surface area contributed by atoms with Crippen molar-refractivity contribution >= 4 is 35.8 Å². The van der Waals surface area contributed by atoms with Gasteiger partial charge >= 0.3 is 5.97 Å². The van der Waals surface area contributed by atoms with Crippen molar-refractivity contribution in [2.45, 2.75) is 25.5 Å². The van der Waals surface area contributed by atoms with Crippen LogP contribution in [0, 0.1) is 6.92 Å². The molecule has 4 rings (SSSR count). The summed E-state index contributed by atoms with van der Waals surface area (Å²) < 4.78 is 0. The molecule has 0 aliphatic rings. The van der Waals surface area contributed by atoms with Gasteiger partial charge in [-0.3, -0.25) is 9.78 Å². The topological polar surface area (TPSA) is 99.5 Å². The van der Waals surface area contributed by atoms with Gasteiger partial charge in [-0.25, -0.2) is 4.79 Å². The Morgan fingerprint density at radius 2 is 1.73 bits per heavy atom. The number of aromatic nitrogens is 1. The Labute approximate surface area is 238 Å². The molecule has 204 valence electrons. The molecule has 0 bridgehead atoms. The van der Waals surface area contributed by atoms with E-state index in [4.69, 9.17) is 0 Å². The number of amides is 1. The molecule has 1 heterocycles. The zero-order valence-electron chi connectivity index (χ0n) is 22.5. The second-order valence-corrected chi connectivity index (χ2v) is 10.4. The highest BCUT2D eigenvalue weighted by molar-refractivity contribution is 7.98. The van der Waals surface area contributed by atoms with Crippen LogP contribution in [0.1, 0.15) is 50.7 Å². The van der Waals surface area contributed by atoms with E-state index >= 15 is 0 Å². The lowest BCUT2D eigenvalue weighted by Gasteiger charge is -2.17. The summed E-state index contributed by atoms with van der Waals surface area (Å²) in [7, 11) is 0. The number of benzene rings is 3. The maximum absolute atomic E-state index is 13.3. The van der Waals surface area contributed by atoms with Crippen molar-refractivity contribution < 1.29 is 19.8 Å². The van der Waals surface area contributed by atoms with Crippen molar-refractivity contribution in [3.8, 4) is 11.1 Å². The molecule has 0 radical (unpaired) electrons. The smallest absolute Gasteiger partial charge is 0.326 e. The second-order valence-electron chi connectivity index (χ2n) is 9.42. The first kappa shape index (κ1) is 28.8. The van der Waals surface area contributed by atoms with Gasteiger partial charge in [0.05, 0.1) is 0 Å². The number of carboxylic acid groups (broad SMARTS) is 1. The van der Waals surface area contributed by atoms with E-state index in [0.717, 1.165) is 33.4 Å². The minimum atomic E-state index is -1.05. The molecule has 0 saturated heterocycles. The maximum atomic E-state index is 13.3. The van der Waals surface area contributed by atoms with Crippen LogP contribution in [0.2, 0.25) is 0 Å². The number of aliphatic carboxylic acids is 1. The molecule has 0 saturated carbocycles. The van der Waals surface area contributed by atoms with Crippen molar-refractivity contribution in [1.29, 1.82) is 0 Å². The molecule has 0 aliphatic carbocycles. The summed E-state index contributed by atoms with van der Waals surface area (Å²) in [5.74, 6) is -0.854. The van der Waals surface area contributed by atoms with Crippen LogP contribution < -0.4 is 5.32 Å². The lowest BCUT2D eigenvalue weighted by Crippen LogP contribution is -2.41. The Morgan fingerprint density at radius 1 is 0.975 bits per heavy atom. The number of carbonyl (C=O) groups excluding carboxylic acids is 1. The summed E-state index contributed by atoms with van der Waals surface area (Å²) in [5.41, 5.74) is 6.14. The molecule has 0 spiro atoms. The number of hydrogen-bond donors (Lipinski definition) is 3. The molecule has 3 aromatic carbocycles. The molecule has 0 aliphatic heterocycles. The van der Waals surface area contributed by atoms with E-state index in [2.05, 4.69) is 10.3 Å². The highest BCUT2D eigenvalue weighted by Crippen LogP contribution is 2.30. The van der Waals surface area contributed by atoms with E-state index in [-0.39, 0.29) is 0 Å². The predicted octanol–water partition coefficient (Wildman–Crippen LogP) is 6.25. The van der Waals surface area contributed by atoms with E-state index in [1.807, 2.05) is 92.1 Å². The molecule has 6 nitrogen and oxygen atoms in total. The first-order valence-corrected chi connectivity index (χ1v) is 14.4. The number of rotatable bonds is 11. The number of aliphatic hydroxyl groups is 1. The van der Waals surface area contributed by atoms with Gasteiger partial charge in [0.2, 0.25) is 0 Å². The lowest BCUT2D eigenvalue weighted by molar-refractivity contribution is -0.139. The zero-order chi connectivity index (χ0) is 28.5. The third kappa shape index (κ3) is 7.05. The molecule has 0 fully saturated rings. The van der Waals surface area contributed by atoms with Gasteiger partial charge in [-0.2, -0.15) is 11.8 Å². The Bertz CT molecular complexity index is 1500. The summed E-state index contributed by atoms with van der Waals surface area (Å²) in [6, 6.07) is 23.6. The predicted molar refractivity (Wildman–Crippen MR) is 162 cm³/mol. The highest BCUT2D eigenvalue weighted by atomic mass is 32.2. The molecule has 7 heteroatoms. The van der Waals surface area contributed by atoms with Crippen LogP contribution >= 0.6 is 11.8 Å². The first-order chi connectivity index (χ1) is 19.4. The lowest BCUT2D eigenvalue weighted by atomic mass is 9.93. The minimum Gasteiger partial charge on any atom is -0.480 e. The number of nitrogens with zero attached hydrogens (tertiary/aromatic N) is 1. The van der Waals surface area contributed by atoms with E-state index in [0.29, 0.717) is 23.3 Å². The van der Waals surface area contributed by atoms with Gasteiger partial charge in [-0.15, -0.1) is 0 Å². The fourth-order valence-electron chi connectivity index (χ4n) is 4.50. The average molecular weight is 553 g/mol. The van der Waals surface area contributed by atoms with Crippen molar-refractivity contribution in [2.24, 2.45) is 0 Å². The quantitative estimate of drug-likeness (QED) is 0.204. The van der Waals surface area contributed by atoms with E-state index in [1.165, 1.54) is 11.8 Å². The molecule has 40 heavy (non-hydrogen) atoms. The summed E-state index contributed by atoms with van der Waals surface area (Å²) in [4.78, 5) is 29.3. The van der Waals surface area contributed by atoms with Crippen molar-refractivity contribution in [1.82, 2.24) is 10.3 Å². The van der Waals surface area contributed by atoms with Crippen LogP contribution in [0.5, 0.6) is 0 Å². The third-order valence-electron chi connectivity index (χ3n) is 6.69. The number of carbonyl (C=O) groups is 2. The van der Waals surface area contributed by atoms with Crippen molar-refractivity contribution in [2.75, 3.05) is 12.0 Å². The molecule has 2 unspecified atom stereocenters. The van der Waals surface area contributed by atoms with Crippen molar-refractivity contribution in [3.63, 3.8) is 0 Å². The fraction of sp³-hybridized carbons (Fsp3) is 0.182. The largest absolute Gasteiger partial charge is 0.480 e. The Hall–Kier alpha value is -4.20. The van der Waals surface area contributed by atoms with Crippen LogP contribution in [-0.4, -0.2) is 45.1 Å². The van der Waals surface area contributed by atoms with Gasteiger partial charge in [0.15, 0.2) is 0 Å². The number of carboxylic acids is 1. The van der Waals surface area contributed by atoms with Crippen LogP contribution in [0.25, 0.3) is 23.3 Å². The van der Waals surface area contributed by atoms with Gasteiger partial charge in [-0.05, 0) is 82.5 Å². The minimum absolute atomic E-state index is 0.338. The zero-order valence-corrected chi connectivity index (χ0v) is 23.3. The van der Waals surface area contributed by atoms with Crippen LogP contribution in [-0.2, 0) is 4.79 Å². The van der Waals surface area contributed by atoms with Gasteiger partial charge in [0.1, 0.15) is 12.1 Å². The number of aliphatic hydroxyl groups excluding tert-OH is 1. The summed E-state index contributed by atoms with van der Waals surface area (Å²) in [6.07, 6.45) is 8.62. The number of aryl methyl sites for hydroxylation is 1. The standard InChI is InChI=1S/C33H32N2O4S/c1-22-8-6-7-11-26(22)29-20-23(13-15-28(29)32(37)35-30(33(38)39)17-19-40-2)12-14-25-21-34-18-16-27(25)31(36)24-9-4-3-5-10-24/h3-16,18,20-21,30-31,36H,17,19H2,1-2H3,(H,35,37)(H,38,39)/b14-12+. The molecular weight excluding hydrogens is 520 g/mol. The Balaban J connectivity index is 1.69. The summed E-state index contributed by atoms with van der Waals surface area (Å²) >= 11 is 1.54. The average Bonchev–Trinajstić information content (AvgIpc) is 2.98. The van der Waals surface area contributed by atoms with Crippen LogP contribution in [0.3, 0.4) is 0 Å². The van der Waals surface area contributed by atoms with Crippen LogP contribution in [0.15, 0.2) is 91.3 Å². The maximum Gasteiger partial charge on any atom is 0.326 e. The van der Waals surface area contributed by atoms with Gasteiger partial charge in [0.25, 0.3) is 5.91 Å². The van der Waals surface area contributed by atoms with E-state index in [1.54, 1.807) is 24.5 Å². The number of thioether (sulfide) groups is 1. The summed E-state index contributed by atoms with van der Waals surface area (Å²) in [5, 5.41) is 23.3. The number of pyridine rings is 1. The molecule has 1 amide bonds. The van der Waals surface area contributed by atoms with E-state index in [9.17, 15) is 19.8 Å². The second kappa shape index (κ2) is 13.7. The highest BCUT2D eigenvalue weighted by Gasteiger charge is 2.22. The molecule has 2 atom stereocenters. The molecular formula is C33H32N2O4S. The third-order valence-corrected chi connectivity index (χ3v) is 7.33. The Kier molecular flexibility index (Phi) is 9.89. The molecule has 3 N–H and O–H groups in total. The SMILES string of the molecule is CSCCC(NC(=O)c1ccc(/C=C/c2cnccc2C(O)c2ccccc2)cc1-c1ccccc1C)C(=O)O. The van der Waals surface area contributed by atoms with Gasteiger partial charge in [-0.1, -0.05) is 72.8 Å². The number of hydrogen-bond acceptors (Lipinski definition) is 5. The molecule has 1 aromatic heterocycles. The van der Waals surface area contributed by atoms with Gasteiger partial charge < -0.3 is 15.5 Å². The van der Waals surface area contributed by atoms with Crippen molar-refractivity contribution in [3.05, 3.63) is 125 Å². The first-order valence-electron chi connectivity index (χ1n) is 13.0. The molecule has 4 aromatic rings. The van der Waals surface area contributed by atoms with Crippen LogP contribution in [0.4, 0.5) is 0 Å². The normalized spacial score (nSPS) is 12.7. The monoisotopic (exact) mass is 552 g/mol.